The Morgan fingerprint density at radius 1 is 1.00 bits per heavy atom. The second-order valence-electron chi connectivity index (χ2n) is 7.97. The van der Waals surface area contributed by atoms with Crippen LogP contribution in [0.1, 0.15) is 60.9 Å². The van der Waals surface area contributed by atoms with Gasteiger partial charge in [-0.2, -0.15) is 0 Å². The Morgan fingerprint density at radius 2 is 1.71 bits per heavy atom. The molecule has 0 aliphatic carbocycles. The summed E-state index contributed by atoms with van der Waals surface area (Å²) in [5, 5.41) is 9.34. The number of hydrogen-bond donors (Lipinski definition) is 1. The number of carbonyl (C=O) groups is 3. The molecule has 0 spiro atoms. The van der Waals surface area contributed by atoms with Gasteiger partial charge in [-0.05, 0) is 49.7 Å². The number of aromatic carboxylic acids is 1. The largest absolute Gasteiger partial charge is 0.478 e. The molecule has 1 N–H and O–H groups in total. The Morgan fingerprint density at radius 3 is 2.46 bits per heavy atom. The summed E-state index contributed by atoms with van der Waals surface area (Å²) in [7, 11) is 0. The van der Waals surface area contributed by atoms with Crippen LogP contribution < -0.4 is 0 Å². The number of piperidine rings is 1. The van der Waals surface area contributed by atoms with E-state index in [1.807, 2.05) is 17.0 Å². The number of amides is 2. The molecule has 2 fully saturated rings. The molecule has 0 atom stereocenters. The summed E-state index contributed by atoms with van der Waals surface area (Å²) in [6.45, 7) is 2.25. The van der Waals surface area contributed by atoms with Crippen LogP contribution in [0.5, 0.6) is 0 Å². The van der Waals surface area contributed by atoms with Crippen molar-refractivity contribution >= 4 is 17.8 Å². The minimum absolute atomic E-state index is 0.0401. The highest BCUT2D eigenvalue weighted by Crippen LogP contribution is 2.24. The molecule has 28 heavy (non-hydrogen) atoms. The van der Waals surface area contributed by atoms with Gasteiger partial charge in [0.2, 0.25) is 11.8 Å². The first-order valence-corrected chi connectivity index (χ1v) is 10.4. The smallest absolute Gasteiger partial charge is 0.335 e. The van der Waals surface area contributed by atoms with Gasteiger partial charge in [0.15, 0.2) is 0 Å². The van der Waals surface area contributed by atoms with Crippen LogP contribution in [0, 0.1) is 5.92 Å². The molecule has 2 saturated heterocycles. The van der Waals surface area contributed by atoms with E-state index in [9.17, 15) is 19.5 Å². The van der Waals surface area contributed by atoms with Crippen molar-refractivity contribution in [2.45, 2.75) is 51.4 Å². The molecule has 2 aliphatic heterocycles. The summed E-state index contributed by atoms with van der Waals surface area (Å²) >= 11 is 0. The van der Waals surface area contributed by atoms with Gasteiger partial charge in [-0.1, -0.05) is 31.0 Å². The monoisotopic (exact) mass is 386 g/mol. The Hall–Kier alpha value is -2.37. The number of carboxylic acid groups (broad SMARTS) is 1. The topological polar surface area (TPSA) is 77.9 Å². The van der Waals surface area contributed by atoms with Gasteiger partial charge >= 0.3 is 5.97 Å². The van der Waals surface area contributed by atoms with Crippen molar-refractivity contribution in [3.05, 3.63) is 35.4 Å². The fourth-order valence-electron chi connectivity index (χ4n) is 4.25. The molecule has 3 rings (SSSR count). The lowest BCUT2D eigenvalue weighted by molar-refractivity contribution is -0.141. The van der Waals surface area contributed by atoms with E-state index in [1.54, 1.807) is 17.0 Å². The van der Waals surface area contributed by atoms with Crippen LogP contribution in [0.4, 0.5) is 0 Å². The van der Waals surface area contributed by atoms with Crippen molar-refractivity contribution in [2.24, 2.45) is 5.92 Å². The highest BCUT2D eigenvalue weighted by Gasteiger charge is 2.26. The third-order valence-corrected chi connectivity index (χ3v) is 5.97. The Bertz CT molecular complexity index is 710. The van der Waals surface area contributed by atoms with Gasteiger partial charge in [0, 0.05) is 26.1 Å². The summed E-state index contributed by atoms with van der Waals surface area (Å²) in [6, 6.07) is 7.16. The molecule has 0 unspecified atom stereocenters. The van der Waals surface area contributed by atoms with Crippen molar-refractivity contribution in [3.8, 4) is 0 Å². The molecule has 152 valence electrons. The average Bonchev–Trinajstić information content (AvgIpc) is 2.68. The zero-order valence-electron chi connectivity index (χ0n) is 16.4. The van der Waals surface area contributed by atoms with E-state index in [2.05, 4.69) is 0 Å². The molecule has 1 aromatic carbocycles. The number of carbonyl (C=O) groups excluding carboxylic acids is 2. The number of nitrogens with zero attached hydrogens (tertiary/aromatic N) is 2. The normalized spacial score (nSPS) is 19.2. The van der Waals surface area contributed by atoms with Crippen LogP contribution in [-0.4, -0.2) is 58.9 Å². The van der Waals surface area contributed by atoms with Crippen LogP contribution in [-0.2, 0) is 16.0 Å². The molecule has 0 aromatic heterocycles. The predicted octanol–water partition coefficient (Wildman–Crippen LogP) is 2.96. The van der Waals surface area contributed by atoms with Gasteiger partial charge in [0.05, 0.1) is 12.1 Å². The minimum atomic E-state index is -0.888. The first-order valence-electron chi connectivity index (χ1n) is 10.4. The Balaban J connectivity index is 1.50. The van der Waals surface area contributed by atoms with Gasteiger partial charge < -0.3 is 14.9 Å². The molecule has 0 radical (unpaired) electrons. The molecule has 2 aliphatic rings. The quantitative estimate of drug-likeness (QED) is 0.844. The van der Waals surface area contributed by atoms with Crippen LogP contribution in [0.25, 0.3) is 0 Å². The molecular weight excluding hydrogens is 356 g/mol. The van der Waals surface area contributed by atoms with Crippen molar-refractivity contribution < 1.29 is 19.5 Å². The number of benzene rings is 1. The second kappa shape index (κ2) is 9.71. The maximum Gasteiger partial charge on any atom is 0.335 e. The third kappa shape index (κ3) is 5.33. The maximum absolute atomic E-state index is 12.7. The van der Waals surface area contributed by atoms with Crippen LogP contribution >= 0.6 is 0 Å². The lowest BCUT2D eigenvalue weighted by Crippen LogP contribution is -2.46. The summed E-state index contributed by atoms with van der Waals surface area (Å²) < 4.78 is 0. The molecule has 0 bridgehead atoms. The zero-order valence-corrected chi connectivity index (χ0v) is 16.4. The standard InChI is InChI=1S/C22H30N2O4/c25-20-9-3-1-2-6-12-24(20)16-21(26)23-13-10-17(11-14-23)15-18-7-4-5-8-19(18)22(27)28/h4-5,7-8,17H,1-3,6,9-16H2,(H,27,28). The number of hydrogen-bond acceptors (Lipinski definition) is 3. The maximum atomic E-state index is 12.7. The lowest BCUT2D eigenvalue weighted by atomic mass is 9.88. The fourth-order valence-corrected chi connectivity index (χ4v) is 4.25. The minimum Gasteiger partial charge on any atom is -0.478 e. The highest BCUT2D eigenvalue weighted by molar-refractivity contribution is 5.89. The highest BCUT2D eigenvalue weighted by atomic mass is 16.4. The molecule has 2 amide bonds. The van der Waals surface area contributed by atoms with E-state index in [0.717, 1.165) is 50.5 Å². The van der Waals surface area contributed by atoms with Crippen molar-refractivity contribution in [2.75, 3.05) is 26.2 Å². The lowest BCUT2D eigenvalue weighted by Gasteiger charge is -2.34. The van der Waals surface area contributed by atoms with Gasteiger partial charge in [-0.25, -0.2) is 4.79 Å². The van der Waals surface area contributed by atoms with E-state index in [0.29, 0.717) is 37.5 Å². The van der Waals surface area contributed by atoms with Gasteiger partial charge in [0.1, 0.15) is 0 Å². The summed E-state index contributed by atoms with van der Waals surface area (Å²) in [5.41, 5.74) is 1.24. The predicted molar refractivity (Wildman–Crippen MR) is 106 cm³/mol. The molecule has 6 nitrogen and oxygen atoms in total. The van der Waals surface area contributed by atoms with Gasteiger partial charge in [-0.3, -0.25) is 9.59 Å². The molecule has 1 aromatic rings. The van der Waals surface area contributed by atoms with E-state index in [1.165, 1.54) is 0 Å². The van der Waals surface area contributed by atoms with Crippen molar-refractivity contribution in [3.63, 3.8) is 0 Å². The van der Waals surface area contributed by atoms with Crippen molar-refractivity contribution in [1.29, 1.82) is 0 Å². The van der Waals surface area contributed by atoms with Crippen molar-refractivity contribution in [1.82, 2.24) is 9.80 Å². The fraction of sp³-hybridized carbons (Fsp3) is 0.591. The van der Waals surface area contributed by atoms with Crippen LogP contribution in [0.15, 0.2) is 24.3 Å². The first kappa shape index (κ1) is 20.4. The second-order valence-corrected chi connectivity index (χ2v) is 7.97. The van der Waals surface area contributed by atoms with E-state index >= 15 is 0 Å². The van der Waals surface area contributed by atoms with Crippen LogP contribution in [0.2, 0.25) is 0 Å². The summed E-state index contributed by atoms with van der Waals surface area (Å²) in [5.74, 6) is -0.361. The van der Waals surface area contributed by atoms with Gasteiger partial charge in [-0.15, -0.1) is 0 Å². The van der Waals surface area contributed by atoms with Gasteiger partial charge in [0.25, 0.3) is 0 Å². The summed E-state index contributed by atoms with van der Waals surface area (Å²) in [6.07, 6.45) is 7.15. The van der Waals surface area contributed by atoms with Crippen LogP contribution in [0.3, 0.4) is 0 Å². The number of rotatable bonds is 5. The molecule has 0 saturated carbocycles. The zero-order chi connectivity index (χ0) is 19.9. The van der Waals surface area contributed by atoms with E-state index in [-0.39, 0.29) is 18.4 Å². The Labute approximate surface area is 166 Å². The summed E-state index contributed by atoms with van der Waals surface area (Å²) in [4.78, 5) is 39.9. The molecular formula is C22H30N2O4. The SMILES string of the molecule is O=C(O)c1ccccc1CC1CCN(C(=O)CN2CCCCCCC2=O)CC1. The number of carboxylic acids is 1. The average molecular weight is 386 g/mol. The number of likely N-dealkylation sites (tertiary alicyclic amines) is 2. The van der Waals surface area contributed by atoms with E-state index < -0.39 is 5.97 Å². The van der Waals surface area contributed by atoms with E-state index in [4.69, 9.17) is 0 Å². The third-order valence-electron chi connectivity index (χ3n) is 5.97. The first-order chi connectivity index (χ1) is 13.5. The Kier molecular flexibility index (Phi) is 7.06. The molecule has 6 heteroatoms. The molecule has 2 heterocycles.